The van der Waals surface area contributed by atoms with Gasteiger partial charge in [-0.25, -0.2) is 0 Å². The molecule has 0 fully saturated rings. The van der Waals surface area contributed by atoms with Crippen LogP contribution in [0.1, 0.15) is 48.9 Å². The summed E-state index contributed by atoms with van der Waals surface area (Å²) in [6.45, 7) is 10.8. The smallest absolute Gasteiger partial charge is 0.0461 e. The standard InChI is InChI=1S/C34H40N2/c1-5-35(6-2)31-23-15-29(16-24-31)9-7-8-10-30-17-25-34(26-18-30)36(32-19-11-27(3)12-20-32)33-21-13-28(4)14-22-33/h11-26H,5-10H2,1-4H3. The Labute approximate surface area is 218 Å². The fourth-order valence-corrected chi connectivity index (χ4v) is 4.77. The Morgan fingerprint density at radius 2 is 0.778 bits per heavy atom. The zero-order chi connectivity index (χ0) is 25.3. The number of unbranched alkanes of at least 4 members (excludes halogenated alkanes) is 1. The second-order valence-electron chi connectivity index (χ2n) is 9.72. The summed E-state index contributed by atoms with van der Waals surface area (Å²) in [5.41, 5.74) is 10.3. The van der Waals surface area contributed by atoms with Gasteiger partial charge in [-0.15, -0.1) is 0 Å². The monoisotopic (exact) mass is 476 g/mol. The lowest BCUT2D eigenvalue weighted by Crippen LogP contribution is -2.21. The van der Waals surface area contributed by atoms with E-state index in [-0.39, 0.29) is 0 Å². The molecule has 2 nitrogen and oxygen atoms in total. The van der Waals surface area contributed by atoms with Crippen molar-refractivity contribution in [2.75, 3.05) is 22.9 Å². The minimum absolute atomic E-state index is 1.06. The quantitative estimate of drug-likeness (QED) is 0.199. The van der Waals surface area contributed by atoms with Crippen molar-refractivity contribution < 1.29 is 0 Å². The highest BCUT2D eigenvalue weighted by molar-refractivity contribution is 5.76. The lowest BCUT2D eigenvalue weighted by molar-refractivity contribution is 0.734. The maximum Gasteiger partial charge on any atom is 0.0461 e. The van der Waals surface area contributed by atoms with Gasteiger partial charge in [0.2, 0.25) is 0 Å². The first-order valence-electron chi connectivity index (χ1n) is 13.4. The number of hydrogen-bond donors (Lipinski definition) is 0. The molecule has 4 rings (SSSR count). The summed E-state index contributed by atoms with van der Waals surface area (Å²) in [6, 6.07) is 35.8. The van der Waals surface area contributed by atoms with Crippen LogP contribution in [0.25, 0.3) is 0 Å². The van der Waals surface area contributed by atoms with Crippen LogP contribution in [-0.4, -0.2) is 13.1 Å². The van der Waals surface area contributed by atoms with E-state index in [1.807, 2.05) is 0 Å². The van der Waals surface area contributed by atoms with Gasteiger partial charge < -0.3 is 9.80 Å². The summed E-state index contributed by atoms with van der Waals surface area (Å²) in [5, 5.41) is 0. The molecule has 0 aliphatic carbocycles. The molecular weight excluding hydrogens is 436 g/mol. The van der Waals surface area contributed by atoms with E-state index >= 15 is 0 Å². The van der Waals surface area contributed by atoms with E-state index in [2.05, 4.69) is 135 Å². The number of aryl methyl sites for hydroxylation is 4. The summed E-state index contributed by atoms with van der Waals surface area (Å²) >= 11 is 0. The normalized spacial score (nSPS) is 10.9. The Bertz CT molecular complexity index is 1140. The van der Waals surface area contributed by atoms with Crippen LogP contribution < -0.4 is 9.80 Å². The minimum atomic E-state index is 1.06. The van der Waals surface area contributed by atoms with E-state index in [1.54, 1.807) is 0 Å². The third-order valence-electron chi connectivity index (χ3n) is 7.02. The van der Waals surface area contributed by atoms with E-state index < -0.39 is 0 Å². The summed E-state index contributed by atoms with van der Waals surface area (Å²) < 4.78 is 0. The second-order valence-corrected chi connectivity index (χ2v) is 9.72. The number of anilines is 4. The predicted octanol–water partition coefficient (Wildman–Crippen LogP) is 9.18. The van der Waals surface area contributed by atoms with Gasteiger partial charge in [0, 0.05) is 35.8 Å². The van der Waals surface area contributed by atoms with Crippen molar-refractivity contribution in [3.05, 3.63) is 119 Å². The van der Waals surface area contributed by atoms with Crippen LogP contribution in [-0.2, 0) is 12.8 Å². The summed E-state index contributed by atoms with van der Waals surface area (Å²) in [6.07, 6.45) is 4.68. The maximum atomic E-state index is 2.40. The van der Waals surface area contributed by atoms with Gasteiger partial charge >= 0.3 is 0 Å². The van der Waals surface area contributed by atoms with Crippen LogP contribution in [0.3, 0.4) is 0 Å². The number of rotatable bonds is 11. The zero-order valence-corrected chi connectivity index (χ0v) is 22.4. The van der Waals surface area contributed by atoms with Gasteiger partial charge in [0.25, 0.3) is 0 Å². The Hall–Kier alpha value is -3.52. The fourth-order valence-electron chi connectivity index (χ4n) is 4.77. The highest BCUT2D eigenvalue weighted by Gasteiger charge is 2.12. The molecule has 4 aromatic carbocycles. The topological polar surface area (TPSA) is 6.48 Å². The molecule has 0 saturated carbocycles. The molecule has 0 unspecified atom stereocenters. The van der Waals surface area contributed by atoms with Crippen LogP contribution in [0.15, 0.2) is 97.1 Å². The Morgan fingerprint density at radius 1 is 0.444 bits per heavy atom. The van der Waals surface area contributed by atoms with E-state index in [4.69, 9.17) is 0 Å². The lowest BCUT2D eigenvalue weighted by Gasteiger charge is -2.26. The van der Waals surface area contributed by atoms with Crippen molar-refractivity contribution in [1.29, 1.82) is 0 Å². The zero-order valence-electron chi connectivity index (χ0n) is 22.4. The average molecular weight is 477 g/mol. The molecule has 186 valence electrons. The molecule has 0 saturated heterocycles. The number of benzene rings is 4. The van der Waals surface area contributed by atoms with Crippen molar-refractivity contribution in [3.63, 3.8) is 0 Å². The molecule has 0 aromatic heterocycles. The molecular formula is C34H40N2. The predicted molar refractivity (Wildman–Crippen MR) is 157 cm³/mol. The molecule has 0 atom stereocenters. The molecule has 0 aliphatic heterocycles. The van der Waals surface area contributed by atoms with Crippen LogP contribution >= 0.6 is 0 Å². The first-order chi connectivity index (χ1) is 17.6. The van der Waals surface area contributed by atoms with Gasteiger partial charge in [-0.2, -0.15) is 0 Å². The van der Waals surface area contributed by atoms with Gasteiger partial charge in [-0.05, 0) is 113 Å². The summed E-state index contributed by atoms with van der Waals surface area (Å²) in [4.78, 5) is 4.73. The molecule has 0 spiro atoms. The SMILES string of the molecule is CCN(CC)c1ccc(CCCCc2ccc(N(c3ccc(C)cc3)c3ccc(C)cc3)cc2)cc1. The maximum absolute atomic E-state index is 2.40. The fraction of sp³-hybridized carbons (Fsp3) is 0.294. The third-order valence-corrected chi connectivity index (χ3v) is 7.02. The van der Waals surface area contributed by atoms with E-state index in [0.717, 1.165) is 25.9 Å². The van der Waals surface area contributed by atoms with Crippen molar-refractivity contribution in [2.45, 2.75) is 53.4 Å². The number of nitrogens with zero attached hydrogens (tertiary/aromatic N) is 2. The lowest BCUT2D eigenvalue weighted by atomic mass is 10.0. The average Bonchev–Trinajstić information content (AvgIpc) is 2.91. The van der Waals surface area contributed by atoms with Crippen molar-refractivity contribution in [3.8, 4) is 0 Å². The summed E-state index contributed by atoms with van der Waals surface area (Å²) in [5.74, 6) is 0. The Kier molecular flexibility index (Phi) is 8.84. The van der Waals surface area contributed by atoms with Gasteiger partial charge in [0.05, 0.1) is 0 Å². The van der Waals surface area contributed by atoms with Gasteiger partial charge in [-0.3, -0.25) is 0 Å². The van der Waals surface area contributed by atoms with Gasteiger partial charge in [-0.1, -0.05) is 59.7 Å². The third kappa shape index (κ3) is 6.57. The Morgan fingerprint density at radius 3 is 1.14 bits per heavy atom. The van der Waals surface area contributed by atoms with E-state index in [9.17, 15) is 0 Å². The van der Waals surface area contributed by atoms with Gasteiger partial charge in [0.15, 0.2) is 0 Å². The molecule has 0 heterocycles. The molecule has 0 N–H and O–H groups in total. The molecule has 36 heavy (non-hydrogen) atoms. The molecule has 0 amide bonds. The largest absolute Gasteiger partial charge is 0.372 e. The van der Waals surface area contributed by atoms with E-state index in [0.29, 0.717) is 0 Å². The molecule has 0 radical (unpaired) electrons. The minimum Gasteiger partial charge on any atom is -0.372 e. The highest BCUT2D eigenvalue weighted by atomic mass is 15.1. The first kappa shape index (κ1) is 25.6. The number of hydrogen-bond acceptors (Lipinski definition) is 2. The van der Waals surface area contributed by atoms with Crippen molar-refractivity contribution >= 4 is 22.7 Å². The summed E-state index contributed by atoms with van der Waals surface area (Å²) in [7, 11) is 0. The van der Waals surface area contributed by atoms with Crippen LogP contribution in [0.4, 0.5) is 22.7 Å². The van der Waals surface area contributed by atoms with Crippen LogP contribution in [0.5, 0.6) is 0 Å². The van der Waals surface area contributed by atoms with Crippen molar-refractivity contribution in [1.82, 2.24) is 0 Å². The Balaban J connectivity index is 1.37. The molecule has 4 aromatic rings. The van der Waals surface area contributed by atoms with Crippen LogP contribution in [0.2, 0.25) is 0 Å². The first-order valence-corrected chi connectivity index (χ1v) is 13.4. The van der Waals surface area contributed by atoms with E-state index in [1.165, 1.54) is 57.8 Å². The van der Waals surface area contributed by atoms with Gasteiger partial charge in [0.1, 0.15) is 0 Å². The molecule has 2 heteroatoms. The molecule has 0 bridgehead atoms. The van der Waals surface area contributed by atoms with Crippen LogP contribution in [0, 0.1) is 13.8 Å². The second kappa shape index (κ2) is 12.4. The highest BCUT2D eigenvalue weighted by Crippen LogP contribution is 2.34. The molecule has 0 aliphatic rings. The van der Waals surface area contributed by atoms with Crippen molar-refractivity contribution in [2.24, 2.45) is 0 Å².